The summed E-state index contributed by atoms with van der Waals surface area (Å²) in [6.45, 7) is 4.03. The molecule has 2 heterocycles. The molecule has 8 heteroatoms. The van der Waals surface area contributed by atoms with Crippen LogP contribution in [0, 0.1) is 0 Å². The highest BCUT2D eigenvalue weighted by Gasteiger charge is 2.29. The Bertz CT molecular complexity index is 716. The van der Waals surface area contributed by atoms with Crippen LogP contribution in [0.15, 0.2) is 29.2 Å². The Balaban J connectivity index is 1.70. The van der Waals surface area contributed by atoms with Crippen molar-refractivity contribution in [3.8, 4) is 0 Å². The number of rotatable bonds is 5. The van der Waals surface area contributed by atoms with Crippen molar-refractivity contribution in [1.82, 2.24) is 9.62 Å². The van der Waals surface area contributed by atoms with Gasteiger partial charge < -0.3 is 14.8 Å². The molecular weight excluding hydrogens is 344 g/mol. The van der Waals surface area contributed by atoms with Gasteiger partial charge in [0.25, 0.3) is 5.91 Å². The van der Waals surface area contributed by atoms with Crippen LogP contribution in [-0.4, -0.2) is 63.7 Å². The lowest BCUT2D eigenvalue weighted by molar-refractivity contribution is 0.0102. The fourth-order valence-electron chi connectivity index (χ4n) is 3.07. The Labute approximate surface area is 148 Å². The van der Waals surface area contributed by atoms with Crippen LogP contribution in [0.1, 0.15) is 30.1 Å². The average Bonchev–Trinajstić information content (AvgIpc) is 3.13. The first-order valence-corrected chi connectivity index (χ1v) is 10.0. The van der Waals surface area contributed by atoms with Crippen molar-refractivity contribution < 1.29 is 22.7 Å². The molecule has 0 aliphatic carbocycles. The molecule has 1 amide bonds. The van der Waals surface area contributed by atoms with Gasteiger partial charge in [0.1, 0.15) is 0 Å². The molecule has 1 N–H and O–H groups in total. The first kappa shape index (κ1) is 18.3. The second-order valence-corrected chi connectivity index (χ2v) is 8.36. The van der Waals surface area contributed by atoms with Gasteiger partial charge in [-0.05, 0) is 38.0 Å². The molecule has 7 nitrogen and oxygen atoms in total. The minimum atomic E-state index is -3.63. The van der Waals surface area contributed by atoms with Crippen LogP contribution in [0.3, 0.4) is 0 Å². The number of sulfonamides is 1. The Kier molecular flexibility index (Phi) is 5.73. The number of carbonyl (C=O) groups is 1. The Hall–Kier alpha value is -1.48. The molecule has 0 aromatic heterocycles. The summed E-state index contributed by atoms with van der Waals surface area (Å²) in [5.41, 5.74) is 0.334. The van der Waals surface area contributed by atoms with Crippen molar-refractivity contribution in [2.24, 2.45) is 0 Å². The smallest absolute Gasteiger partial charge is 0.251 e. The Morgan fingerprint density at radius 3 is 2.88 bits per heavy atom. The number of hydrogen-bond acceptors (Lipinski definition) is 5. The lowest BCUT2D eigenvalue weighted by Gasteiger charge is -2.30. The molecule has 0 radical (unpaired) electrons. The van der Waals surface area contributed by atoms with Gasteiger partial charge in [0.2, 0.25) is 10.0 Å². The third-order valence-electron chi connectivity index (χ3n) is 4.45. The molecule has 2 saturated heterocycles. The molecule has 0 spiro atoms. The van der Waals surface area contributed by atoms with Gasteiger partial charge >= 0.3 is 0 Å². The zero-order valence-electron chi connectivity index (χ0n) is 14.3. The van der Waals surface area contributed by atoms with E-state index in [0.29, 0.717) is 31.8 Å². The number of amides is 1. The van der Waals surface area contributed by atoms with E-state index in [2.05, 4.69) is 5.32 Å². The van der Waals surface area contributed by atoms with Crippen molar-refractivity contribution in [3.05, 3.63) is 29.8 Å². The molecule has 0 saturated carbocycles. The Morgan fingerprint density at radius 1 is 1.32 bits per heavy atom. The summed E-state index contributed by atoms with van der Waals surface area (Å²) < 4.78 is 37.9. The highest BCUT2D eigenvalue weighted by molar-refractivity contribution is 7.89. The van der Waals surface area contributed by atoms with Crippen LogP contribution < -0.4 is 5.32 Å². The molecule has 3 rings (SSSR count). The molecule has 2 aliphatic rings. The summed E-state index contributed by atoms with van der Waals surface area (Å²) in [6, 6.07) is 6.16. The average molecular weight is 368 g/mol. The van der Waals surface area contributed by atoms with Crippen LogP contribution in [-0.2, 0) is 19.5 Å². The molecule has 1 aromatic rings. The van der Waals surface area contributed by atoms with Crippen LogP contribution in [0.5, 0.6) is 0 Å². The van der Waals surface area contributed by atoms with E-state index < -0.39 is 10.0 Å². The Morgan fingerprint density at radius 2 is 2.16 bits per heavy atom. The molecular formula is C17H24N2O5S. The monoisotopic (exact) mass is 368 g/mol. The third-order valence-corrected chi connectivity index (χ3v) is 6.31. The van der Waals surface area contributed by atoms with Crippen molar-refractivity contribution in [3.63, 3.8) is 0 Å². The maximum atomic E-state index is 12.8. The van der Waals surface area contributed by atoms with Gasteiger partial charge in [-0.2, -0.15) is 4.31 Å². The zero-order valence-corrected chi connectivity index (χ0v) is 15.1. The standard InChI is InChI=1S/C17H24N2O5S/c1-13-12-19(7-9-23-13)25(21,22)16-6-2-4-14(10-16)17(20)18-11-15-5-3-8-24-15/h2,4,6,10,13,15H,3,5,7-9,11-12H2,1H3,(H,18,20). The number of nitrogens with zero attached hydrogens (tertiary/aromatic N) is 1. The maximum absolute atomic E-state index is 12.8. The number of ether oxygens (including phenoxy) is 2. The van der Waals surface area contributed by atoms with E-state index in [4.69, 9.17) is 9.47 Å². The highest BCUT2D eigenvalue weighted by Crippen LogP contribution is 2.20. The van der Waals surface area contributed by atoms with Gasteiger partial charge in [0, 0.05) is 31.8 Å². The molecule has 138 valence electrons. The van der Waals surface area contributed by atoms with E-state index in [1.807, 2.05) is 6.92 Å². The lowest BCUT2D eigenvalue weighted by atomic mass is 10.2. The summed E-state index contributed by atoms with van der Waals surface area (Å²) in [7, 11) is -3.63. The van der Waals surface area contributed by atoms with Crippen LogP contribution in [0.2, 0.25) is 0 Å². The first-order valence-electron chi connectivity index (χ1n) is 8.58. The molecule has 25 heavy (non-hydrogen) atoms. The van der Waals surface area contributed by atoms with Gasteiger partial charge in [-0.3, -0.25) is 4.79 Å². The molecule has 2 unspecified atom stereocenters. The number of carbonyl (C=O) groups excluding carboxylic acids is 1. The fourth-order valence-corrected chi connectivity index (χ4v) is 4.61. The summed E-state index contributed by atoms with van der Waals surface area (Å²) in [5.74, 6) is -0.289. The normalized spacial score (nSPS) is 25.0. The second kappa shape index (κ2) is 7.82. The largest absolute Gasteiger partial charge is 0.376 e. The predicted octanol–water partition coefficient (Wildman–Crippen LogP) is 1.00. The van der Waals surface area contributed by atoms with Gasteiger partial charge in [0.05, 0.1) is 23.7 Å². The minimum Gasteiger partial charge on any atom is -0.376 e. The van der Waals surface area contributed by atoms with Crippen LogP contribution in [0.4, 0.5) is 0 Å². The third kappa shape index (κ3) is 4.38. The SMILES string of the molecule is CC1CN(S(=O)(=O)c2cccc(C(=O)NCC3CCCO3)c2)CCO1. The number of hydrogen-bond donors (Lipinski definition) is 1. The predicted molar refractivity (Wildman–Crippen MR) is 91.9 cm³/mol. The molecule has 1 aromatic carbocycles. The van der Waals surface area contributed by atoms with E-state index in [0.717, 1.165) is 19.4 Å². The van der Waals surface area contributed by atoms with Crippen molar-refractivity contribution in [2.45, 2.75) is 36.9 Å². The number of nitrogens with one attached hydrogen (secondary N) is 1. The topological polar surface area (TPSA) is 84.9 Å². The second-order valence-electron chi connectivity index (χ2n) is 6.42. The highest BCUT2D eigenvalue weighted by atomic mass is 32.2. The number of benzene rings is 1. The van der Waals surface area contributed by atoms with Crippen molar-refractivity contribution in [1.29, 1.82) is 0 Å². The van der Waals surface area contributed by atoms with Crippen molar-refractivity contribution >= 4 is 15.9 Å². The van der Waals surface area contributed by atoms with E-state index in [1.54, 1.807) is 12.1 Å². The molecule has 2 aliphatic heterocycles. The van der Waals surface area contributed by atoms with Gasteiger partial charge in [0.15, 0.2) is 0 Å². The summed E-state index contributed by atoms with van der Waals surface area (Å²) >= 11 is 0. The maximum Gasteiger partial charge on any atom is 0.251 e. The molecule has 2 fully saturated rings. The first-order chi connectivity index (χ1) is 12.0. The quantitative estimate of drug-likeness (QED) is 0.838. The van der Waals surface area contributed by atoms with E-state index >= 15 is 0 Å². The van der Waals surface area contributed by atoms with Gasteiger partial charge in [-0.1, -0.05) is 6.07 Å². The summed E-state index contributed by atoms with van der Waals surface area (Å²) in [5, 5.41) is 2.81. The van der Waals surface area contributed by atoms with E-state index in [9.17, 15) is 13.2 Å². The van der Waals surface area contributed by atoms with E-state index in [1.165, 1.54) is 16.4 Å². The molecule has 0 bridgehead atoms. The van der Waals surface area contributed by atoms with Crippen LogP contribution in [0.25, 0.3) is 0 Å². The number of morpholine rings is 1. The lowest BCUT2D eigenvalue weighted by Crippen LogP contribution is -2.44. The summed E-state index contributed by atoms with van der Waals surface area (Å²) in [4.78, 5) is 12.4. The minimum absolute atomic E-state index is 0.0469. The van der Waals surface area contributed by atoms with Crippen molar-refractivity contribution in [2.75, 3.05) is 32.8 Å². The molecule has 2 atom stereocenters. The fraction of sp³-hybridized carbons (Fsp3) is 0.588. The van der Waals surface area contributed by atoms with Crippen LogP contribution >= 0.6 is 0 Å². The zero-order chi connectivity index (χ0) is 17.9. The van der Waals surface area contributed by atoms with Gasteiger partial charge in [-0.15, -0.1) is 0 Å². The summed E-state index contributed by atoms with van der Waals surface area (Å²) in [6.07, 6.45) is 1.85. The van der Waals surface area contributed by atoms with Gasteiger partial charge in [-0.25, -0.2) is 8.42 Å². The van der Waals surface area contributed by atoms with E-state index in [-0.39, 0.29) is 23.0 Å².